The lowest BCUT2D eigenvalue weighted by Gasteiger charge is -2.33. The first-order valence-corrected chi connectivity index (χ1v) is 8.46. The van der Waals surface area contributed by atoms with Crippen LogP contribution < -0.4 is 5.32 Å². The molecular weight excluding hydrogens is 262 g/mol. The summed E-state index contributed by atoms with van der Waals surface area (Å²) in [5.41, 5.74) is 1.05. The lowest BCUT2D eigenvalue weighted by Crippen LogP contribution is -2.47. The van der Waals surface area contributed by atoms with Gasteiger partial charge in [-0.15, -0.1) is 0 Å². The summed E-state index contributed by atoms with van der Waals surface area (Å²) in [5, 5.41) is 3.68. The summed E-state index contributed by atoms with van der Waals surface area (Å²) in [6, 6.07) is 0.662. The van der Waals surface area contributed by atoms with Crippen LogP contribution in [0.1, 0.15) is 39.5 Å². The lowest BCUT2D eigenvalue weighted by molar-refractivity contribution is -0.132. The Kier molecular flexibility index (Phi) is 6.24. The van der Waals surface area contributed by atoms with Crippen LogP contribution in [-0.4, -0.2) is 61.0 Å². The third kappa shape index (κ3) is 5.79. The number of hydrogen-bond acceptors (Lipinski definition) is 3. The topological polar surface area (TPSA) is 35.6 Å². The van der Waals surface area contributed by atoms with Crippen molar-refractivity contribution < 1.29 is 4.79 Å². The SMILES string of the molecule is C=C(C)CN(CC)C(=O)CN1CCC(NCC2CC2)CC1. The molecule has 0 aromatic carbocycles. The monoisotopic (exact) mass is 293 g/mol. The highest BCUT2D eigenvalue weighted by Gasteiger charge is 2.25. The molecule has 0 aromatic rings. The van der Waals surface area contributed by atoms with Gasteiger partial charge in [-0.25, -0.2) is 0 Å². The highest BCUT2D eigenvalue weighted by molar-refractivity contribution is 5.78. The molecule has 2 rings (SSSR count). The lowest BCUT2D eigenvalue weighted by atomic mass is 10.0. The van der Waals surface area contributed by atoms with E-state index in [0.717, 1.165) is 31.1 Å². The second-order valence-electron chi connectivity index (χ2n) is 6.77. The summed E-state index contributed by atoms with van der Waals surface area (Å²) < 4.78 is 0. The van der Waals surface area contributed by atoms with Crippen molar-refractivity contribution in [2.45, 2.75) is 45.6 Å². The molecule has 1 heterocycles. The van der Waals surface area contributed by atoms with Gasteiger partial charge in [-0.05, 0) is 52.0 Å². The number of likely N-dealkylation sites (N-methyl/N-ethyl adjacent to an activating group) is 1. The van der Waals surface area contributed by atoms with Crippen molar-refractivity contribution in [1.82, 2.24) is 15.1 Å². The van der Waals surface area contributed by atoms with Gasteiger partial charge in [0.25, 0.3) is 0 Å². The van der Waals surface area contributed by atoms with Gasteiger partial charge in [0.05, 0.1) is 6.54 Å². The molecule has 0 spiro atoms. The van der Waals surface area contributed by atoms with Gasteiger partial charge in [0.2, 0.25) is 5.91 Å². The smallest absolute Gasteiger partial charge is 0.237 e. The first kappa shape index (κ1) is 16.5. The van der Waals surface area contributed by atoms with Crippen molar-refractivity contribution in [1.29, 1.82) is 0 Å². The van der Waals surface area contributed by atoms with Gasteiger partial charge in [0.1, 0.15) is 0 Å². The van der Waals surface area contributed by atoms with Crippen LogP contribution in [0, 0.1) is 5.92 Å². The number of piperidine rings is 1. The van der Waals surface area contributed by atoms with Gasteiger partial charge >= 0.3 is 0 Å². The van der Waals surface area contributed by atoms with Crippen LogP contribution in [-0.2, 0) is 4.79 Å². The van der Waals surface area contributed by atoms with E-state index in [1.54, 1.807) is 0 Å². The van der Waals surface area contributed by atoms with Crippen LogP contribution in [0.25, 0.3) is 0 Å². The fourth-order valence-electron chi connectivity index (χ4n) is 2.94. The second kappa shape index (κ2) is 7.95. The summed E-state index contributed by atoms with van der Waals surface area (Å²) in [4.78, 5) is 16.5. The van der Waals surface area contributed by atoms with E-state index in [-0.39, 0.29) is 5.91 Å². The highest BCUT2D eigenvalue weighted by atomic mass is 16.2. The summed E-state index contributed by atoms with van der Waals surface area (Å²) in [6.07, 6.45) is 5.17. The quantitative estimate of drug-likeness (QED) is 0.694. The molecule has 0 aromatic heterocycles. The van der Waals surface area contributed by atoms with Crippen LogP contribution in [0.15, 0.2) is 12.2 Å². The zero-order valence-electron chi connectivity index (χ0n) is 13.7. The molecule has 0 bridgehead atoms. The summed E-state index contributed by atoms with van der Waals surface area (Å²) in [7, 11) is 0. The number of carbonyl (C=O) groups is 1. The van der Waals surface area contributed by atoms with E-state index in [1.165, 1.54) is 32.2 Å². The van der Waals surface area contributed by atoms with Gasteiger partial charge < -0.3 is 10.2 Å². The van der Waals surface area contributed by atoms with Crippen LogP contribution in [0.3, 0.4) is 0 Å². The number of nitrogens with zero attached hydrogens (tertiary/aromatic N) is 2. The predicted molar refractivity (Wildman–Crippen MR) is 87.3 cm³/mol. The Morgan fingerprint density at radius 2 is 1.95 bits per heavy atom. The Morgan fingerprint density at radius 3 is 2.48 bits per heavy atom. The number of amides is 1. The number of carbonyl (C=O) groups excluding carboxylic acids is 1. The molecule has 1 aliphatic heterocycles. The molecule has 1 saturated heterocycles. The molecule has 120 valence electrons. The van der Waals surface area contributed by atoms with Crippen molar-refractivity contribution in [3.05, 3.63) is 12.2 Å². The molecule has 4 heteroatoms. The third-order valence-electron chi connectivity index (χ3n) is 4.53. The normalized spacial score (nSPS) is 20.5. The molecule has 4 nitrogen and oxygen atoms in total. The van der Waals surface area contributed by atoms with Crippen LogP contribution in [0.2, 0.25) is 0 Å². The molecule has 2 fully saturated rings. The Morgan fingerprint density at radius 1 is 1.29 bits per heavy atom. The van der Waals surface area contributed by atoms with Gasteiger partial charge in [-0.1, -0.05) is 12.2 Å². The molecular formula is C17H31N3O. The molecule has 21 heavy (non-hydrogen) atoms. The third-order valence-corrected chi connectivity index (χ3v) is 4.53. The van der Waals surface area contributed by atoms with Gasteiger partial charge in [0.15, 0.2) is 0 Å². The average molecular weight is 293 g/mol. The maximum absolute atomic E-state index is 12.3. The Bertz CT molecular complexity index is 357. The fourth-order valence-corrected chi connectivity index (χ4v) is 2.94. The van der Waals surface area contributed by atoms with Crippen molar-refractivity contribution in [2.24, 2.45) is 5.92 Å². The standard InChI is InChI=1S/C17H31N3O/c1-4-20(12-14(2)3)17(21)13-19-9-7-16(8-10-19)18-11-15-5-6-15/h15-16,18H,2,4-13H2,1,3H3. The Hall–Kier alpha value is -0.870. The van der Waals surface area contributed by atoms with E-state index in [1.807, 2.05) is 18.7 Å². The number of likely N-dealkylation sites (tertiary alicyclic amines) is 1. The van der Waals surface area contributed by atoms with Gasteiger partial charge in [-0.3, -0.25) is 9.69 Å². The summed E-state index contributed by atoms with van der Waals surface area (Å²) in [6.45, 7) is 13.2. The van der Waals surface area contributed by atoms with Crippen molar-refractivity contribution in [2.75, 3.05) is 39.3 Å². The minimum absolute atomic E-state index is 0.241. The molecule has 0 radical (unpaired) electrons. The van der Waals surface area contributed by atoms with E-state index >= 15 is 0 Å². The van der Waals surface area contributed by atoms with Gasteiger partial charge in [-0.2, -0.15) is 0 Å². The minimum atomic E-state index is 0.241. The van der Waals surface area contributed by atoms with E-state index in [0.29, 0.717) is 19.1 Å². The molecule has 0 atom stereocenters. The van der Waals surface area contributed by atoms with Crippen molar-refractivity contribution >= 4 is 5.91 Å². The van der Waals surface area contributed by atoms with E-state index < -0.39 is 0 Å². The molecule has 1 aliphatic carbocycles. The summed E-state index contributed by atoms with van der Waals surface area (Å²) in [5.74, 6) is 1.19. The van der Waals surface area contributed by atoms with Gasteiger partial charge in [0, 0.05) is 32.2 Å². The number of hydrogen-bond donors (Lipinski definition) is 1. The first-order valence-electron chi connectivity index (χ1n) is 8.46. The highest BCUT2D eigenvalue weighted by Crippen LogP contribution is 2.28. The maximum Gasteiger partial charge on any atom is 0.237 e. The largest absolute Gasteiger partial charge is 0.338 e. The van der Waals surface area contributed by atoms with E-state index in [2.05, 4.69) is 16.8 Å². The molecule has 1 saturated carbocycles. The van der Waals surface area contributed by atoms with Crippen LogP contribution in [0.5, 0.6) is 0 Å². The minimum Gasteiger partial charge on any atom is -0.338 e. The van der Waals surface area contributed by atoms with Crippen LogP contribution in [0.4, 0.5) is 0 Å². The molecule has 0 unspecified atom stereocenters. The van der Waals surface area contributed by atoms with Crippen molar-refractivity contribution in [3.63, 3.8) is 0 Å². The molecule has 1 N–H and O–H groups in total. The number of rotatable bonds is 8. The van der Waals surface area contributed by atoms with E-state index in [4.69, 9.17) is 0 Å². The van der Waals surface area contributed by atoms with Crippen LogP contribution >= 0.6 is 0 Å². The fraction of sp³-hybridized carbons (Fsp3) is 0.824. The second-order valence-corrected chi connectivity index (χ2v) is 6.77. The Balaban J connectivity index is 1.66. The zero-order valence-corrected chi connectivity index (χ0v) is 13.7. The molecule has 1 amide bonds. The van der Waals surface area contributed by atoms with Crippen molar-refractivity contribution in [3.8, 4) is 0 Å². The number of nitrogens with one attached hydrogen (secondary N) is 1. The first-order chi connectivity index (χ1) is 10.1. The summed E-state index contributed by atoms with van der Waals surface area (Å²) >= 11 is 0. The van der Waals surface area contributed by atoms with E-state index in [9.17, 15) is 4.79 Å². The average Bonchev–Trinajstić information content (AvgIpc) is 3.28. The zero-order chi connectivity index (χ0) is 15.2. The predicted octanol–water partition coefficient (Wildman–Crippen LogP) is 1.87. The Labute approximate surface area is 129 Å². The maximum atomic E-state index is 12.3. The molecule has 2 aliphatic rings.